The van der Waals surface area contributed by atoms with Gasteiger partial charge in [-0.2, -0.15) is 0 Å². The van der Waals surface area contributed by atoms with Crippen LogP contribution in [0.15, 0.2) is 52.3 Å². The molecule has 1 N–H and O–H groups in total. The van der Waals surface area contributed by atoms with Gasteiger partial charge in [-0.25, -0.2) is 14.6 Å². The van der Waals surface area contributed by atoms with Crippen LogP contribution in [0.1, 0.15) is 29.3 Å². The molecule has 0 amide bonds. The lowest BCUT2D eigenvalue weighted by Crippen LogP contribution is -2.35. The average Bonchev–Trinajstić information content (AvgIpc) is 3.35. The Balaban J connectivity index is 2.28. The Morgan fingerprint density at radius 3 is 2.12 bits per heavy atom. The van der Waals surface area contributed by atoms with Crippen molar-refractivity contribution in [3.8, 4) is 0 Å². The highest BCUT2D eigenvalue weighted by Gasteiger charge is 2.41. The third kappa shape index (κ3) is 5.43. The van der Waals surface area contributed by atoms with Gasteiger partial charge in [-0.15, -0.1) is 11.3 Å². The fourth-order valence-corrected chi connectivity index (χ4v) is 4.98. The Hall–Kier alpha value is -2.88. The third-order valence-corrected chi connectivity index (χ3v) is 6.75. The number of carbonyl (C=O) groups is 3. The first-order chi connectivity index (χ1) is 16.3. The summed E-state index contributed by atoms with van der Waals surface area (Å²) in [5, 5.41) is 6.27. The molecule has 0 saturated heterocycles. The maximum Gasteiger partial charge on any atom is 0.336 e. The molecule has 0 saturated carbocycles. The minimum absolute atomic E-state index is 0.0151. The summed E-state index contributed by atoms with van der Waals surface area (Å²) in [5.74, 6) is -3.07. The van der Waals surface area contributed by atoms with E-state index in [2.05, 4.69) is 10.3 Å². The van der Waals surface area contributed by atoms with Crippen LogP contribution in [-0.2, 0) is 35.0 Å². The van der Waals surface area contributed by atoms with E-state index in [1.807, 2.05) is 5.38 Å². The van der Waals surface area contributed by atoms with Crippen molar-refractivity contribution in [1.29, 1.82) is 0 Å². The summed E-state index contributed by atoms with van der Waals surface area (Å²) in [6.07, 6.45) is 2.26. The SMILES string of the molecule is COC(=O)CC1=C(C(=O)OC)C(c2c(Cl)cccc2Cl)C(C(=O)OC)=C(CCc2nccs2)N1. The van der Waals surface area contributed by atoms with Crippen LogP contribution >= 0.6 is 34.5 Å². The third-order valence-electron chi connectivity index (χ3n) is 5.25. The quantitative estimate of drug-likeness (QED) is 0.405. The summed E-state index contributed by atoms with van der Waals surface area (Å²) < 4.78 is 14.9. The van der Waals surface area contributed by atoms with Crippen LogP contribution < -0.4 is 5.32 Å². The van der Waals surface area contributed by atoms with Crippen LogP contribution in [0.5, 0.6) is 0 Å². The van der Waals surface area contributed by atoms with E-state index in [-0.39, 0.29) is 33.3 Å². The maximum absolute atomic E-state index is 13.1. The molecule has 1 aliphatic heterocycles. The number of allylic oxidation sites excluding steroid dienone is 1. The minimum atomic E-state index is -1.05. The Morgan fingerprint density at radius 1 is 0.971 bits per heavy atom. The number of rotatable bonds is 8. The van der Waals surface area contributed by atoms with Crippen molar-refractivity contribution >= 4 is 52.4 Å². The molecule has 2 heterocycles. The molecule has 1 aromatic heterocycles. The molecule has 0 bridgehead atoms. The highest BCUT2D eigenvalue weighted by atomic mass is 35.5. The zero-order chi connectivity index (χ0) is 24.8. The van der Waals surface area contributed by atoms with Crippen LogP contribution in [0.2, 0.25) is 10.0 Å². The number of nitrogens with zero attached hydrogens (tertiary/aromatic N) is 1. The number of hydrogen-bond donors (Lipinski definition) is 1. The van der Waals surface area contributed by atoms with E-state index in [9.17, 15) is 14.4 Å². The van der Waals surface area contributed by atoms with E-state index in [0.29, 0.717) is 24.1 Å². The van der Waals surface area contributed by atoms with E-state index >= 15 is 0 Å². The van der Waals surface area contributed by atoms with E-state index in [0.717, 1.165) is 5.01 Å². The molecular weight excluding hydrogens is 503 g/mol. The highest BCUT2D eigenvalue weighted by Crippen LogP contribution is 2.45. The first kappa shape index (κ1) is 25.7. The zero-order valence-electron chi connectivity index (χ0n) is 18.6. The van der Waals surface area contributed by atoms with Gasteiger partial charge in [0.25, 0.3) is 0 Å². The predicted molar refractivity (Wildman–Crippen MR) is 127 cm³/mol. The van der Waals surface area contributed by atoms with Gasteiger partial charge >= 0.3 is 17.9 Å². The van der Waals surface area contributed by atoms with E-state index in [1.54, 1.807) is 24.4 Å². The summed E-state index contributed by atoms with van der Waals surface area (Å²) >= 11 is 14.5. The van der Waals surface area contributed by atoms with Crippen molar-refractivity contribution in [3.63, 3.8) is 0 Å². The summed E-state index contributed by atoms with van der Waals surface area (Å²) in [4.78, 5) is 42.6. The van der Waals surface area contributed by atoms with Gasteiger partial charge in [0.15, 0.2) is 0 Å². The first-order valence-corrected chi connectivity index (χ1v) is 11.7. The van der Waals surface area contributed by atoms with E-state index < -0.39 is 23.8 Å². The van der Waals surface area contributed by atoms with Gasteiger partial charge in [0.2, 0.25) is 0 Å². The Bertz CT molecular complexity index is 1140. The number of halogens is 2. The number of nitrogens with one attached hydrogen (secondary N) is 1. The largest absolute Gasteiger partial charge is 0.469 e. The number of carbonyl (C=O) groups excluding carboxylic acids is 3. The van der Waals surface area contributed by atoms with Gasteiger partial charge in [0.1, 0.15) is 0 Å². The molecule has 11 heteroatoms. The van der Waals surface area contributed by atoms with Crippen LogP contribution in [0.25, 0.3) is 0 Å². The molecule has 0 radical (unpaired) electrons. The summed E-state index contributed by atoms with van der Waals surface area (Å²) in [5.41, 5.74) is 1.16. The zero-order valence-corrected chi connectivity index (χ0v) is 21.0. The molecule has 1 atom stereocenters. The molecule has 3 rings (SSSR count). The summed E-state index contributed by atoms with van der Waals surface area (Å²) in [6, 6.07) is 4.85. The van der Waals surface area contributed by atoms with Gasteiger partial charge in [-0.05, 0) is 18.6 Å². The number of esters is 3. The van der Waals surface area contributed by atoms with Gasteiger partial charge in [-0.3, -0.25) is 4.79 Å². The molecule has 1 aromatic carbocycles. The topological polar surface area (TPSA) is 104 Å². The number of aryl methyl sites for hydroxylation is 1. The summed E-state index contributed by atoms with van der Waals surface area (Å²) in [7, 11) is 3.69. The molecule has 0 spiro atoms. The minimum Gasteiger partial charge on any atom is -0.469 e. The standard InChI is InChI=1S/C23H22Cl2N2O6S/c1-31-17(28)11-15-20(23(30)33-3)21(18-12(24)5-4-6-13(18)25)19(22(29)32-2)14(27-15)7-8-16-26-9-10-34-16/h4-6,9-10,21,27H,7-8,11H2,1-3H3. The van der Waals surface area contributed by atoms with Crippen LogP contribution in [0.3, 0.4) is 0 Å². The lowest BCUT2D eigenvalue weighted by atomic mass is 9.79. The highest BCUT2D eigenvalue weighted by molar-refractivity contribution is 7.09. The Labute approximate surface area is 210 Å². The van der Waals surface area contributed by atoms with Crippen molar-refractivity contribution in [2.75, 3.05) is 21.3 Å². The maximum atomic E-state index is 13.1. The monoisotopic (exact) mass is 524 g/mol. The molecule has 1 aliphatic rings. The molecule has 34 heavy (non-hydrogen) atoms. The van der Waals surface area contributed by atoms with Crippen molar-refractivity contribution < 1.29 is 28.6 Å². The summed E-state index contributed by atoms with van der Waals surface area (Å²) in [6.45, 7) is 0. The number of dihydropyridines is 1. The Morgan fingerprint density at radius 2 is 1.59 bits per heavy atom. The van der Waals surface area contributed by atoms with Gasteiger partial charge in [0.05, 0.1) is 49.8 Å². The fraction of sp³-hybridized carbons (Fsp3) is 0.304. The lowest BCUT2D eigenvalue weighted by Gasteiger charge is -2.33. The molecular formula is C23H22Cl2N2O6S. The molecule has 180 valence electrons. The predicted octanol–water partition coefficient (Wildman–Crippen LogP) is 4.19. The lowest BCUT2D eigenvalue weighted by molar-refractivity contribution is -0.139. The van der Waals surface area contributed by atoms with Crippen LogP contribution in [0.4, 0.5) is 0 Å². The molecule has 1 unspecified atom stereocenters. The van der Waals surface area contributed by atoms with Crippen molar-refractivity contribution in [1.82, 2.24) is 10.3 Å². The van der Waals surface area contributed by atoms with Gasteiger partial charge < -0.3 is 19.5 Å². The average molecular weight is 525 g/mol. The van der Waals surface area contributed by atoms with E-state index in [4.69, 9.17) is 37.4 Å². The van der Waals surface area contributed by atoms with Crippen molar-refractivity contribution in [2.45, 2.75) is 25.2 Å². The second kappa shape index (κ2) is 11.5. The van der Waals surface area contributed by atoms with Gasteiger partial charge in [0, 0.05) is 45.0 Å². The number of hydrogen-bond acceptors (Lipinski definition) is 9. The second-order valence-corrected chi connectivity index (χ2v) is 8.93. The normalized spacial score (nSPS) is 15.6. The molecule has 8 nitrogen and oxygen atoms in total. The fourth-order valence-electron chi connectivity index (χ4n) is 3.75. The number of aromatic nitrogens is 1. The number of benzene rings is 1. The second-order valence-electron chi connectivity index (χ2n) is 7.14. The van der Waals surface area contributed by atoms with Crippen molar-refractivity contribution in [2.24, 2.45) is 0 Å². The number of methoxy groups -OCH3 is 3. The molecule has 0 fully saturated rings. The van der Waals surface area contributed by atoms with Crippen LogP contribution in [0, 0.1) is 0 Å². The van der Waals surface area contributed by atoms with E-state index in [1.165, 1.54) is 32.7 Å². The number of ether oxygens (including phenoxy) is 3. The number of thiazole rings is 1. The first-order valence-electron chi connectivity index (χ1n) is 10.1. The van der Waals surface area contributed by atoms with Gasteiger partial charge in [-0.1, -0.05) is 29.3 Å². The smallest absolute Gasteiger partial charge is 0.336 e. The molecule has 0 aliphatic carbocycles. The van der Waals surface area contributed by atoms with Crippen molar-refractivity contribution in [3.05, 3.63) is 72.9 Å². The molecule has 2 aromatic rings. The Kier molecular flexibility index (Phi) is 8.71. The van der Waals surface area contributed by atoms with Crippen LogP contribution in [-0.4, -0.2) is 44.2 Å².